The molecule has 3 unspecified atom stereocenters. The van der Waals surface area contributed by atoms with Crippen molar-refractivity contribution in [2.24, 2.45) is 5.73 Å². The van der Waals surface area contributed by atoms with Gasteiger partial charge in [0.15, 0.2) is 0 Å². The summed E-state index contributed by atoms with van der Waals surface area (Å²) in [5, 5.41) is 0. The molecule has 0 radical (unpaired) electrons. The third-order valence-corrected chi connectivity index (χ3v) is 3.81. The van der Waals surface area contributed by atoms with Gasteiger partial charge in [-0.3, -0.25) is 9.88 Å². The predicted molar refractivity (Wildman–Crippen MR) is 82.0 cm³/mol. The summed E-state index contributed by atoms with van der Waals surface area (Å²) in [6, 6.07) is 5.05. The monoisotopic (exact) mass is 263 g/mol. The van der Waals surface area contributed by atoms with E-state index in [0.717, 1.165) is 13.0 Å². The number of pyridine rings is 1. The van der Waals surface area contributed by atoms with E-state index < -0.39 is 0 Å². The third-order valence-electron chi connectivity index (χ3n) is 3.81. The van der Waals surface area contributed by atoms with Crippen LogP contribution in [0, 0.1) is 0 Å². The van der Waals surface area contributed by atoms with Crippen LogP contribution in [0.2, 0.25) is 0 Å². The molecule has 1 heterocycles. The Balaban J connectivity index is 2.98. The van der Waals surface area contributed by atoms with E-state index in [1.165, 1.54) is 18.4 Å². The highest BCUT2D eigenvalue weighted by Crippen LogP contribution is 2.26. The van der Waals surface area contributed by atoms with Crippen molar-refractivity contribution in [1.29, 1.82) is 0 Å². The second kappa shape index (κ2) is 8.28. The van der Waals surface area contributed by atoms with Crippen molar-refractivity contribution < 1.29 is 0 Å². The summed E-state index contributed by atoms with van der Waals surface area (Å²) >= 11 is 0. The van der Waals surface area contributed by atoms with Crippen LogP contribution in [-0.2, 0) is 0 Å². The first-order valence-corrected chi connectivity index (χ1v) is 7.53. The highest BCUT2D eigenvalue weighted by atomic mass is 15.2. The Labute approximate surface area is 118 Å². The molecule has 0 amide bonds. The number of nitrogens with zero attached hydrogens (tertiary/aromatic N) is 2. The van der Waals surface area contributed by atoms with Crippen molar-refractivity contribution in [3.63, 3.8) is 0 Å². The zero-order chi connectivity index (χ0) is 14.3. The molecule has 1 aromatic rings. The Morgan fingerprint density at radius 3 is 2.53 bits per heavy atom. The first kappa shape index (κ1) is 16.1. The summed E-state index contributed by atoms with van der Waals surface area (Å²) in [6.45, 7) is 9.97. The van der Waals surface area contributed by atoms with Crippen LogP contribution in [0.4, 0.5) is 0 Å². The standard InChI is InChI=1S/C16H29N3/c1-5-7-11-19(13(3)6-2)16(14(4)17)15-9-8-10-18-12-15/h8-10,12-14,16H,5-7,11,17H2,1-4H3. The summed E-state index contributed by atoms with van der Waals surface area (Å²) in [7, 11) is 0. The molecule has 1 rings (SSSR count). The molecule has 0 aliphatic carbocycles. The lowest BCUT2D eigenvalue weighted by Crippen LogP contribution is -2.44. The SMILES string of the molecule is CCCCN(C(C)CC)C(c1cccnc1)C(C)N. The van der Waals surface area contributed by atoms with Crippen LogP contribution in [0.25, 0.3) is 0 Å². The lowest BCUT2D eigenvalue weighted by molar-refractivity contribution is 0.121. The van der Waals surface area contributed by atoms with E-state index >= 15 is 0 Å². The molecule has 0 aliphatic rings. The van der Waals surface area contributed by atoms with Crippen LogP contribution < -0.4 is 5.73 Å². The van der Waals surface area contributed by atoms with Crippen LogP contribution in [0.3, 0.4) is 0 Å². The maximum Gasteiger partial charge on any atom is 0.0514 e. The molecular weight excluding hydrogens is 234 g/mol. The topological polar surface area (TPSA) is 42.2 Å². The quantitative estimate of drug-likeness (QED) is 0.782. The van der Waals surface area contributed by atoms with Gasteiger partial charge in [-0.2, -0.15) is 0 Å². The first-order chi connectivity index (χ1) is 9.11. The molecule has 0 spiro atoms. The lowest BCUT2D eigenvalue weighted by Gasteiger charge is -2.38. The molecule has 3 heteroatoms. The van der Waals surface area contributed by atoms with E-state index in [1.54, 1.807) is 0 Å². The summed E-state index contributed by atoms with van der Waals surface area (Å²) < 4.78 is 0. The molecule has 3 nitrogen and oxygen atoms in total. The molecule has 0 aliphatic heterocycles. The molecule has 1 aromatic heterocycles. The fourth-order valence-corrected chi connectivity index (χ4v) is 2.56. The second-order valence-corrected chi connectivity index (χ2v) is 5.44. The summed E-state index contributed by atoms with van der Waals surface area (Å²) in [4.78, 5) is 6.80. The third kappa shape index (κ3) is 4.59. The van der Waals surface area contributed by atoms with Crippen LogP contribution in [0.1, 0.15) is 58.6 Å². The minimum atomic E-state index is 0.107. The highest BCUT2D eigenvalue weighted by molar-refractivity contribution is 5.16. The first-order valence-electron chi connectivity index (χ1n) is 7.53. The van der Waals surface area contributed by atoms with Gasteiger partial charge in [0, 0.05) is 24.5 Å². The fraction of sp³-hybridized carbons (Fsp3) is 0.688. The minimum absolute atomic E-state index is 0.107. The molecule has 0 aromatic carbocycles. The maximum absolute atomic E-state index is 6.26. The molecular formula is C16H29N3. The van der Waals surface area contributed by atoms with Crippen molar-refractivity contribution >= 4 is 0 Å². The van der Waals surface area contributed by atoms with Gasteiger partial charge in [0.2, 0.25) is 0 Å². The highest BCUT2D eigenvalue weighted by Gasteiger charge is 2.26. The number of aromatic nitrogens is 1. The molecule has 19 heavy (non-hydrogen) atoms. The van der Waals surface area contributed by atoms with E-state index in [9.17, 15) is 0 Å². The Hall–Kier alpha value is -0.930. The van der Waals surface area contributed by atoms with E-state index in [4.69, 9.17) is 5.73 Å². The zero-order valence-corrected chi connectivity index (χ0v) is 12.8. The number of unbranched alkanes of at least 4 members (excludes halogenated alkanes) is 1. The number of nitrogens with two attached hydrogens (primary N) is 1. The maximum atomic E-state index is 6.26. The van der Waals surface area contributed by atoms with Gasteiger partial charge in [-0.1, -0.05) is 26.3 Å². The van der Waals surface area contributed by atoms with Crippen molar-refractivity contribution in [2.45, 2.75) is 65.1 Å². The van der Waals surface area contributed by atoms with Gasteiger partial charge in [-0.25, -0.2) is 0 Å². The van der Waals surface area contributed by atoms with Gasteiger partial charge in [0.1, 0.15) is 0 Å². The fourth-order valence-electron chi connectivity index (χ4n) is 2.56. The van der Waals surface area contributed by atoms with Crippen LogP contribution in [-0.4, -0.2) is 28.5 Å². The van der Waals surface area contributed by atoms with Gasteiger partial charge < -0.3 is 5.73 Å². The molecule has 0 saturated carbocycles. The normalized spacial score (nSPS) is 16.3. The Kier molecular flexibility index (Phi) is 7.03. The van der Waals surface area contributed by atoms with Crippen LogP contribution in [0.15, 0.2) is 24.5 Å². The molecule has 3 atom stereocenters. The molecule has 108 valence electrons. The van der Waals surface area contributed by atoms with Gasteiger partial charge >= 0.3 is 0 Å². The van der Waals surface area contributed by atoms with Crippen LogP contribution >= 0.6 is 0 Å². The lowest BCUT2D eigenvalue weighted by atomic mass is 9.98. The van der Waals surface area contributed by atoms with E-state index in [2.05, 4.69) is 43.6 Å². The number of hydrogen-bond donors (Lipinski definition) is 1. The minimum Gasteiger partial charge on any atom is -0.326 e. The van der Waals surface area contributed by atoms with E-state index in [1.807, 2.05) is 18.5 Å². The molecule has 2 N–H and O–H groups in total. The van der Waals surface area contributed by atoms with E-state index in [-0.39, 0.29) is 12.1 Å². The van der Waals surface area contributed by atoms with Crippen molar-refractivity contribution in [1.82, 2.24) is 9.88 Å². The summed E-state index contributed by atoms with van der Waals surface area (Å²) in [5.41, 5.74) is 7.49. The Morgan fingerprint density at radius 2 is 2.05 bits per heavy atom. The average molecular weight is 263 g/mol. The summed E-state index contributed by atoms with van der Waals surface area (Å²) in [6.07, 6.45) is 7.35. The van der Waals surface area contributed by atoms with Gasteiger partial charge in [0.25, 0.3) is 0 Å². The Bertz CT molecular complexity index is 337. The van der Waals surface area contributed by atoms with Crippen molar-refractivity contribution in [3.8, 4) is 0 Å². The second-order valence-electron chi connectivity index (χ2n) is 5.44. The summed E-state index contributed by atoms with van der Waals surface area (Å²) in [5.74, 6) is 0. The van der Waals surface area contributed by atoms with Gasteiger partial charge in [-0.15, -0.1) is 0 Å². The van der Waals surface area contributed by atoms with Gasteiger partial charge in [-0.05, 0) is 44.9 Å². The number of hydrogen-bond acceptors (Lipinski definition) is 3. The Morgan fingerprint density at radius 1 is 1.32 bits per heavy atom. The van der Waals surface area contributed by atoms with Crippen molar-refractivity contribution in [2.75, 3.05) is 6.54 Å². The van der Waals surface area contributed by atoms with Crippen LogP contribution in [0.5, 0.6) is 0 Å². The largest absolute Gasteiger partial charge is 0.326 e. The average Bonchev–Trinajstić information content (AvgIpc) is 2.43. The van der Waals surface area contributed by atoms with Crippen molar-refractivity contribution in [3.05, 3.63) is 30.1 Å². The van der Waals surface area contributed by atoms with E-state index in [0.29, 0.717) is 6.04 Å². The number of rotatable bonds is 8. The zero-order valence-electron chi connectivity index (χ0n) is 12.8. The molecule has 0 fully saturated rings. The molecule has 0 bridgehead atoms. The molecule has 0 saturated heterocycles. The predicted octanol–water partition coefficient (Wildman–Crippen LogP) is 3.37. The van der Waals surface area contributed by atoms with Gasteiger partial charge in [0.05, 0.1) is 6.04 Å². The smallest absolute Gasteiger partial charge is 0.0514 e.